The quantitative estimate of drug-likeness (QED) is 0.546. The van der Waals surface area contributed by atoms with Gasteiger partial charge in [-0.1, -0.05) is 0 Å². The maximum Gasteiger partial charge on any atom is 0.239 e. The monoisotopic (exact) mass is 249 g/mol. The molecule has 4 N–H and O–H groups in total. The molecule has 2 fully saturated rings. The van der Waals surface area contributed by atoms with Crippen LogP contribution in [0.15, 0.2) is 6.07 Å². The van der Waals surface area contributed by atoms with Gasteiger partial charge in [-0.2, -0.15) is 4.98 Å². The topological polar surface area (TPSA) is 85.1 Å². The van der Waals surface area contributed by atoms with E-state index >= 15 is 0 Å². The van der Waals surface area contributed by atoms with Gasteiger partial charge in [0.2, 0.25) is 5.95 Å². The Bertz CT molecular complexity index is 434. The maximum absolute atomic E-state index is 5.80. The Kier molecular flexibility index (Phi) is 3.05. The predicted octanol–water partition coefficient (Wildman–Crippen LogP) is 1.05. The molecule has 6 nitrogen and oxygen atoms in total. The third kappa shape index (κ3) is 2.39. The first-order valence-electron chi connectivity index (χ1n) is 6.46. The molecule has 2 heterocycles. The van der Waals surface area contributed by atoms with Crippen LogP contribution in [0.5, 0.6) is 0 Å². The highest BCUT2D eigenvalue weighted by Gasteiger charge is 2.40. The zero-order valence-corrected chi connectivity index (χ0v) is 10.5. The van der Waals surface area contributed by atoms with Gasteiger partial charge in [0.25, 0.3) is 0 Å². The molecule has 2 atom stereocenters. The average molecular weight is 249 g/mol. The number of aryl methyl sites for hydroxylation is 1. The summed E-state index contributed by atoms with van der Waals surface area (Å²) < 4.78 is 5.80. The SMILES string of the molecule is Cc1cc(NC2CCOC2C2CC2)nc(NN)n1. The number of hydrazine groups is 1. The van der Waals surface area contributed by atoms with Gasteiger partial charge in [0.05, 0.1) is 12.1 Å². The molecule has 2 aliphatic rings. The minimum Gasteiger partial charge on any atom is -0.376 e. The summed E-state index contributed by atoms with van der Waals surface area (Å²) in [6, 6.07) is 2.29. The van der Waals surface area contributed by atoms with Gasteiger partial charge in [-0.05, 0) is 32.1 Å². The molecule has 1 saturated heterocycles. The van der Waals surface area contributed by atoms with Crippen LogP contribution in [0.1, 0.15) is 25.0 Å². The van der Waals surface area contributed by atoms with Crippen molar-refractivity contribution in [1.29, 1.82) is 0 Å². The number of nitrogens with two attached hydrogens (primary N) is 1. The van der Waals surface area contributed by atoms with Gasteiger partial charge < -0.3 is 10.1 Å². The molecule has 0 spiro atoms. The van der Waals surface area contributed by atoms with E-state index in [0.717, 1.165) is 30.5 Å². The Morgan fingerprint density at radius 3 is 2.89 bits per heavy atom. The van der Waals surface area contributed by atoms with Gasteiger partial charge in [-0.3, -0.25) is 5.43 Å². The van der Waals surface area contributed by atoms with Crippen LogP contribution in [0, 0.1) is 12.8 Å². The van der Waals surface area contributed by atoms with Crippen LogP contribution in [0.2, 0.25) is 0 Å². The van der Waals surface area contributed by atoms with Crippen molar-refractivity contribution in [1.82, 2.24) is 9.97 Å². The lowest BCUT2D eigenvalue weighted by molar-refractivity contribution is 0.0898. The molecule has 1 aromatic rings. The van der Waals surface area contributed by atoms with Crippen molar-refractivity contribution in [3.05, 3.63) is 11.8 Å². The Morgan fingerprint density at radius 2 is 2.17 bits per heavy atom. The molecule has 3 rings (SSSR count). The highest BCUT2D eigenvalue weighted by Crippen LogP contribution is 2.39. The van der Waals surface area contributed by atoms with Crippen molar-refractivity contribution in [3.8, 4) is 0 Å². The summed E-state index contributed by atoms with van der Waals surface area (Å²) in [7, 11) is 0. The lowest BCUT2D eigenvalue weighted by Crippen LogP contribution is -2.31. The smallest absolute Gasteiger partial charge is 0.239 e. The van der Waals surface area contributed by atoms with E-state index in [0.29, 0.717) is 18.1 Å². The van der Waals surface area contributed by atoms with E-state index < -0.39 is 0 Å². The number of hydrogen-bond acceptors (Lipinski definition) is 6. The summed E-state index contributed by atoms with van der Waals surface area (Å²) in [5, 5.41) is 3.46. The molecule has 1 aromatic heterocycles. The fraction of sp³-hybridized carbons (Fsp3) is 0.667. The van der Waals surface area contributed by atoms with Crippen LogP contribution in [0.4, 0.5) is 11.8 Å². The highest BCUT2D eigenvalue weighted by molar-refractivity contribution is 5.42. The number of hydrogen-bond donors (Lipinski definition) is 3. The fourth-order valence-electron chi connectivity index (χ4n) is 2.55. The van der Waals surface area contributed by atoms with E-state index in [1.807, 2.05) is 13.0 Å². The molecular formula is C12H19N5O. The molecule has 0 aromatic carbocycles. The number of ether oxygens (including phenoxy) is 1. The van der Waals surface area contributed by atoms with Gasteiger partial charge in [0, 0.05) is 18.4 Å². The molecule has 1 aliphatic heterocycles. The highest BCUT2D eigenvalue weighted by atomic mass is 16.5. The Labute approximate surface area is 106 Å². The first kappa shape index (κ1) is 11.7. The summed E-state index contributed by atoms with van der Waals surface area (Å²) in [5.41, 5.74) is 3.38. The lowest BCUT2D eigenvalue weighted by atomic mass is 10.1. The number of anilines is 2. The second-order valence-corrected chi connectivity index (χ2v) is 5.07. The van der Waals surface area contributed by atoms with E-state index in [1.54, 1.807) is 0 Å². The number of nitrogens with one attached hydrogen (secondary N) is 2. The summed E-state index contributed by atoms with van der Waals surface area (Å²) in [4.78, 5) is 8.49. The van der Waals surface area contributed by atoms with Gasteiger partial charge in [-0.25, -0.2) is 10.8 Å². The standard InChI is InChI=1S/C12H19N5O/c1-7-6-10(16-12(14-7)17-13)15-9-4-5-18-11(9)8-2-3-8/h6,8-9,11H,2-5,13H2,1H3,(H2,14,15,16,17). The van der Waals surface area contributed by atoms with Crippen LogP contribution in [-0.4, -0.2) is 28.7 Å². The summed E-state index contributed by atoms with van der Waals surface area (Å²) in [6.45, 7) is 2.77. The summed E-state index contributed by atoms with van der Waals surface area (Å²) >= 11 is 0. The molecule has 18 heavy (non-hydrogen) atoms. The lowest BCUT2D eigenvalue weighted by Gasteiger charge is -2.20. The van der Waals surface area contributed by atoms with Crippen LogP contribution in [0.25, 0.3) is 0 Å². The largest absolute Gasteiger partial charge is 0.376 e. The Balaban J connectivity index is 1.73. The molecule has 2 unspecified atom stereocenters. The van der Waals surface area contributed by atoms with Gasteiger partial charge in [-0.15, -0.1) is 0 Å². The molecule has 0 radical (unpaired) electrons. The van der Waals surface area contributed by atoms with Gasteiger partial charge in [0.1, 0.15) is 5.82 Å². The van der Waals surface area contributed by atoms with Crippen LogP contribution in [0.3, 0.4) is 0 Å². The number of aromatic nitrogens is 2. The average Bonchev–Trinajstić information content (AvgIpc) is 3.10. The first-order chi connectivity index (χ1) is 8.76. The molecule has 1 aliphatic carbocycles. The predicted molar refractivity (Wildman–Crippen MR) is 69.1 cm³/mol. The molecule has 0 amide bonds. The van der Waals surface area contributed by atoms with E-state index in [4.69, 9.17) is 10.6 Å². The normalized spacial score (nSPS) is 27.2. The van der Waals surface area contributed by atoms with Crippen molar-refractivity contribution in [2.75, 3.05) is 17.3 Å². The second-order valence-electron chi connectivity index (χ2n) is 5.07. The summed E-state index contributed by atoms with van der Waals surface area (Å²) in [5.74, 6) is 7.35. The van der Waals surface area contributed by atoms with Gasteiger partial charge >= 0.3 is 0 Å². The van der Waals surface area contributed by atoms with Crippen LogP contribution < -0.4 is 16.6 Å². The van der Waals surface area contributed by atoms with Gasteiger partial charge in [0.15, 0.2) is 0 Å². The Hall–Kier alpha value is -1.40. The van der Waals surface area contributed by atoms with Crippen LogP contribution in [-0.2, 0) is 4.74 Å². The molecule has 0 bridgehead atoms. The third-order valence-corrected chi connectivity index (χ3v) is 3.54. The minimum atomic E-state index is 0.342. The van der Waals surface area contributed by atoms with E-state index in [2.05, 4.69) is 20.7 Å². The van der Waals surface area contributed by atoms with Crippen molar-refractivity contribution < 1.29 is 4.74 Å². The molecular weight excluding hydrogens is 230 g/mol. The maximum atomic E-state index is 5.80. The number of nitrogen functional groups attached to an aromatic ring is 1. The zero-order chi connectivity index (χ0) is 12.5. The van der Waals surface area contributed by atoms with Crippen molar-refractivity contribution in [2.24, 2.45) is 11.8 Å². The van der Waals surface area contributed by atoms with E-state index in [-0.39, 0.29) is 0 Å². The number of nitrogens with zero attached hydrogens (tertiary/aromatic N) is 2. The van der Waals surface area contributed by atoms with Crippen molar-refractivity contribution >= 4 is 11.8 Å². The van der Waals surface area contributed by atoms with Crippen molar-refractivity contribution in [2.45, 2.75) is 38.3 Å². The van der Waals surface area contributed by atoms with Crippen molar-refractivity contribution in [3.63, 3.8) is 0 Å². The Morgan fingerprint density at radius 1 is 1.33 bits per heavy atom. The first-order valence-corrected chi connectivity index (χ1v) is 6.46. The van der Waals surface area contributed by atoms with E-state index in [1.165, 1.54) is 12.8 Å². The number of rotatable bonds is 4. The molecule has 98 valence electrons. The summed E-state index contributed by atoms with van der Waals surface area (Å²) in [6.07, 6.45) is 3.97. The van der Waals surface area contributed by atoms with Crippen LogP contribution >= 0.6 is 0 Å². The molecule has 1 saturated carbocycles. The fourth-order valence-corrected chi connectivity index (χ4v) is 2.55. The molecule has 6 heteroatoms. The third-order valence-electron chi connectivity index (χ3n) is 3.54. The second kappa shape index (κ2) is 4.70. The zero-order valence-electron chi connectivity index (χ0n) is 10.5. The van der Waals surface area contributed by atoms with E-state index in [9.17, 15) is 0 Å². The minimum absolute atomic E-state index is 0.342.